The van der Waals surface area contributed by atoms with Crippen LogP contribution in [0.4, 0.5) is 0 Å². The van der Waals surface area contributed by atoms with Gasteiger partial charge in [-0.3, -0.25) is 4.79 Å². The van der Waals surface area contributed by atoms with Crippen molar-refractivity contribution in [2.45, 2.75) is 18.2 Å². The fourth-order valence-corrected chi connectivity index (χ4v) is 3.25. The topological polar surface area (TPSA) is 89.5 Å². The Kier molecular flexibility index (Phi) is 3.32. The molecule has 0 atom stereocenters. The molecule has 1 N–H and O–H groups in total. The molecule has 0 aromatic heterocycles. The van der Waals surface area contributed by atoms with Crippen LogP contribution in [0.2, 0.25) is 0 Å². The average molecular weight is 283 g/mol. The van der Waals surface area contributed by atoms with Gasteiger partial charge in [-0.15, -0.1) is 0 Å². The van der Waals surface area contributed by atoms with E-state index >= 15 is 0 Å². The Balaban J connectivity index is 2.75. The molecule has 0 unspecified atom stereocenters. The number of hydrogen-bond donors (Lipinski definition) is 1. The molecule has 0 radical (unpaired) electrons. The van der Waals surface area contributed by atoms with Crippen molar-refractivity contribution >= 4 is 21.7 Å². The van der Waals surface area contributed by atoms with Crippen LogP contribution in [0.5, 0.6) is 0 Å². The summed E-state index contributed by atoms with van der Waals surface area (Å²) in [7, 11) is -2.38. The molecule has 0 saturated heterocycles. The molecule has 7 heteroatoms. The standard InChI is InChI=1S/C12H13NO5S/c1-3-7-4-9-10(5-8(7)12(15)18-2)19(16,17)6-13-11(9)14/h4-5H,3,6H2,1-2H3,(H,13,14). The van der Waals surface area contributed by atoms with Gasteiger partial charge in [-0.05, 0) is 24.1 Å². The summed E-state index contributed by atoms with van der Waals surface area (Å²) < 4.78 is 28.5. The molecular weight excluding hydrogens is 270 g/mol. The quantitative estimate of drug-likeness (QED) is 0.799. The van der Waals surface area contributed by atoms with E-state index in [-0.39, 0.29) is 16.0 Å². The lowest BCUT2D eigenvalue weighted by Crippen LogP contribution is -2.36. The van der Waals surface area contributed by atoms with Crippen molar-refractivity contribution in [1.82, 2.24) is 5.32 Å². The van der Waals surface area contributed by atoms with E-state index in [0.29, 0.717) is 12.0 Å². The van der Waals surface area contributed by atoms with Gasteiger partial charge in [0.1, 0.15) is 5.88 Å². The number of amides is 1. The predicted molar refractivity (Wildman–Crippen MR) is 66.7 cm³/mol. The Labute approximate surface area is 110 Å². The second-order valence-electron chi connectivity index (χ2n) is 4.12. The summed E-state index contributed by atoms with van der Waals surface area (Å²) in [6.07, 6.45) is 0.491. The van der Waals surface area contributed by atoms with Crippen LogP contribution in [0.1, 0.15) is 33.2 Å². The highest BCUT2D eigenvalue weighted by atomic mass is 32.2. The van der Waals surface area contributed by atoms with Gasteiger partial charge in [-0.2, -0.15) is 0 Å². The van der Waals surface area contributed by atoms with Crippen molar-refractivity contribution < 1.29 is 22.7 Å². The number of sulfone groups is 1. The van der Waals surface area contributed by atoms with Gasteiger partial charge in [-0.25, -0.2) is 13.2 Å². The maximum Gasteiger partial charge on any atom is 0.338 e. The van der Waals surface area contributed by atoms with Crippen LogP contribution >= 0.6 is 0 Å². The third kappa shape index (κ3) is 2.21. The van der Waals surface area contributed by atoms with Crippen molar-refractivity contribution in [2.24, 2.45) is 0 Å². The maximum atomic E-state index is 11.9. The SMILES string of the molecule is CCc1cc2c(cc1C(=O)OC)S(=O)(=O)CNC2=O. The first-order chi connectivity index (χ1) is 8.90. The van der Waals surface area contributed by atoms with Crippen molar-refractivity contribution in [3.05, 3.63) is 28.8 Å². The molecule has 1 aromatic carbocycles. The molecule has 6 nitrogen and oxygen atoms in total. The highest BCUT2D eigenvalue weighted by molar-refractivity contribution is 7.91. The molecule has 1 amide bonds. The number of methoxy groups -OCH3 is 1. The van der Waals surface area contributed by atoms with E-state index in [0.717, 1.165) is 0 Å². The van der Waals surface area contributed by atoms with Crippen molar-refractivity contribution in [1.29, 1.82) is 0 Å². The minimum atomic E-state index is -3.60. The second-order valence-corrected chi connectivity index (χ2v) is 6.07. The molecule has 0 saturated carbocycles. The smallest absolute Gasteiger partial charge is 0.338 e. The highest BCUT2D eigenvalue weighted by Crippen LogP contribution is 2.26. The third-order valence-electron chi connectivity index (χ3n) is 2.99. The Bertz CT molecular complexity index is 663. The van der Waals surface area contributed by atoms with Gasteiger partial charge in [0.2, 0.25) is 0 Å². The van der Waals surface area contributed by atoms with Gasteiger partial charge in [0.15, 0.2) is 9.84 Å². The zero-order chi connectivity index (χ0) is 14.2. The van der Waals surface area contributed by atoms with Crippen molar-refractivity contribution in [3.63, 3.8) is 0 Å². The van der Waals surface area contributed by atoms with Crippen LogP contribution in [0.15, 0.2) is 17.0 Å². The fourth-order valence-electron chi connectivity index (χ4n) is 1.99. The van der Waals surface area contributed by atoms with Gasteiger partial charge in [0.05, 0.1) is 23.1 Å². The number of hydrogen-bond acceptors (Lipinski definition) is 5. The Morgan fingerprint density at radius 2 is 2.11 bits per heavy atom. The summed E-state index contributed by atoms with van der Waals surface area (Å²) in [6, 6.07) is 2.67. The lowest BCUT2D eigenvalue weighted by atomic mass is 10.0. The predicted octanol–water partition coefficient (Wildman–Crippen LogP) is 0.510. The Morgan fingerprint density at radius 1 is 1.42 bits per heavy atom. The zero-order valence-electron chi connectivity index (χ0n) is 10.5. The summed E-state index contributed by atoms with van der Waals surface area (Å²) in [6.45, 7) is 1.81. The average Bonchev–Trinajstić information content (AvgIpc) is 2.41. The monoisotopic (exact) mass is 283 g/mol. The molecule has 1 aliphatic rings. The number of nitrogens with one attached hydrogen (secondary N) is 1. The number of carbonyl (C=O) groups is 2. The van der Waals surface area contributed by atoms with Crippen LogP contribution in [0, 0.1) is 0 Å². The van der Waals surface area contributed by atoms with Crippen LogP contribution in [0.25, 0.3) is 0 Å². The molecule has 2 rings (SSSR count). The van der Waals surface area contributed by atoms with Gasteiger partial charge in [0, 0.05) is 0 Å². The first-order valence-electron chi connectivity index (χ1n) is 5.67. The zero-order valence-corrected chi connectivity index (χ0v) is 11.3. The van der Waals surface area contributed by atoms with Crippen molar-refractivity contribution in [3.8, 4) is 0 Å². The molecular formula is C12H13NO5S. The van der Waals surface area contributed by atoms with E-state index in [1.54, 1.807) is 0 Å². The highest BCUT2D eigenvalue weighted by Gasteiger charge is 2.31. The van der Waals surface area contributed by atoms with E-state index in [2.05, 4.69) is 10.1 Å². The van der Waals surface area contributed by atoms with E-state index in [1.165, 1.54) is 19.2 Å². The molecule has 0 spiro atoms. The molecule has 1 aliphatic heterocycles. The number of fused-ring (bicyclic) bond motifs is 1. The fraction of sp³-hybridized carbons (Fsp3) is 0.333. The summed E-state index contributed by atoms with van der Waals surface area (Å²) in [5.41, 5.74) is 0.843. The first kappa shape index (κ1) is 13.5. The minimum absolute atomic E-state index is 0.0794. The maximum absolute atomic E-state index is 11.9. The molecule has 1 heterocycles. The lowest BCUT2D eigenvalue weighted by Gasteiger charge is -2.19. The van der Waals surface area contributed by atoms with Gasteiger partial charge < -0.3 is 10.1 Å². The molecule has 0 aliphatic carbocycles. The molecule has 102 valence electrons. The largest absolute Gasteiger partial charge is 0.465 e. The van der Waals surface area contributed by atoms with Crippen LogP contribution in [-0.4, -0.2) is 33.3 Å². The van der Waals surface area contributed by atoms with Gasteiger partial charge >= 0.3 is 5.97 Å². The lowest BCUT2D eigenvalue weighted by molar-refractivity contribution is 0.0598. The van der Waals surface area contributed by atoms with E-state index in [9.17, 15) is 18.0 Å². The molecule has 19 heavy (non-hydrogen) atoms. The number of rotatable bonds is 2. The number of aryl methyl sites for hydroxylation is 1. The van der Waals surface area contributed by atoms with Gasteiger partial charge in [-0.1, -0.05) is 6.92 Å². The number of ether oxygens (including phenoxy) is 1. The first-order valence-corrected chi connectivity index (χ1v) is 7.32. The van der Waals surface area contributed by atoms with Crippen LogP contribution in [0.3, 0.4) is 0 Å². The normalized spacial score (nSPS) is 16.4. The number of carbonyl (C=O) groups excluding carboxylic acids is 2. The van der Waals surface area contributed by atoms with E-state index in [4.69, 9.17) is 0 Å². The third-order valence-corrected chi connectivity index (χ3v) is 4.53. The summed E-state index contributed by atoms with van der Waals surface area (Å²) in [5, 5.41) is 2.30. The molecule has 1 aromatic rings. The Hall–Kier alpha value is -1.89. The number of benzene rings is 1. The molecule has 0 bridgehead atoms. The molecule has 0 fully saturated rings. The summed E-state index contributed by atoms with van der Waals surface area (Å²) in [5.74, 6) is -1.51. The summed E-state index contributed by atoms with van der Waals surface area (Å²) in [4.78, 5) is 23.2. The second kappa shape index (κ2) is 4.65. The van der Waals surface area contributed by atoms with Crippen LogP contribution in [-0.2, 0) is 21.0 Å². The van der Waals surface area contributed by atoms with Gasteiger partial charge in [0.25, 0.3) is 5.91 Å². The summed E-state index contributed by atoms with van der Waals surface area (Å²) >= 11 is 0. The van der Waals surface area contributed by atoms with E-state index in [1.807, 2.05) is 6.92 Å². The Morgan fingerprint density at radius 3 is 2.68 bits per heavy atom. The van der Waals surface area contributed by atoms with E-state index < -0.39 is 27.6 Å². The minimum Gasteiger partial charge on any atom is -0.465 e. The number of esters is 1. The van der Waals surface area contributed by atoms with Crippen LogP contribution < -0.4 is 5.32 Å². The van der Waals surface area contributed by atoms with Crippen molar-refractivity contribution in [2.75, 3.05) is 13.0 Å².